The second-order valence-corrected chi connectivity index (χ2v) is 3.62. The zero-order valence-corrected chi connectivity index (χ0v) is 8.92. The minimum absolute atomic E-state index is 0.0429. The van der Waals surface area contributed by atoms with Gasteiger partial charge in [-0.15, -0.1) is 0 Å². The van der Waals surface area contributed by atoms with E-state index in [1.165, 1.54) is 0 Å². The van der Waals surface area contributed by atoms with Crippen molar-refractivity contribution >= 4 is 22.5 Å². The van der Waals surface area contributed by atoms with Crippen LogP contribution in [-0.2, 0) is 4.79 Å². The van der Waals surface area contributed by atoms with Crippen LogP contribution in [0.25, 0.3) is 10.9 Å². The number of aromatic amines is 1. The first-order chi connectivity index (χ1) is 7.20. The minimum atomic E-state index is 0.0429. The molecule has 2 rings (SSSR count). The quantitative estimate of drug-likeness (QED) is 0.772. The summed E-state index contributed by atoms with van der Waals surface area (Å²) in [5, 5.41) is 3.96. The average Bonchev–Trinajstić information content (AvgIpc) is 2.59. The predicted octanol–water partition coefficient (Wildman–Crippen LogP) is 2.82. The fourth-order valence-electron chi connectivity index (χ4n) is 1.64. The van der Waals surface area contributed by atoms with Gasteiger partial charge < -0.3 is 10.3 Å². The zero-order chi connectivity index (χ0) is 10.8. The Morgan fingerprint density at radius 2 is 2.27 bits per heavy atom. The smallest absolute Gasteiger partial charge is 0.224 e. The molecule has 3 nitrogen and oxygen atoms in total. The van der Waals surface area contributed by atoms with Gasteiger partial charge in [0.1, 0.15) is 0 Å². The topological polar surface area (TPSA) is 44.9 Å². The van der Waals surface area contributed by atoms with Crippen LogP contribution in [0.5, 0.6) is 0 Å². The molecule has 0 unspecified atom stereocenters. The van der Waals surface area contributed by atoms with Crippen molar-refractivity contribution < 1.29 is 4.79 Å². The highest BCUT2D eigenvalue weighted by Gasteiger charge is 2.05. The van der Waals surface area contributed by atoms with Crippen molar-refractivity contribution in [2.75, 3.05) is 5.32 Å². The second kappa shape index (κ2) is 3.77. The molecule has 0 aliphatic rings. The lowest BCUT2D eigenvalue weighted by atomic mass is 10.2. The Bertz CT molecular complexity index is 499. The van der Waals surface area contributed by atoms with Gasteiger partial charge in [-0.1, -0.05) is 13.0 Å². The number of aryl methyl sites for hydroxylation is 1. The lowest BCUT2D eigenvalue weighted by molar-refractivity contribution is -0.115. The summed E-state index contributed by atoms with van der Waals surface area (Å²) in [5.41, 5.74) is 3.04. The molecule has 3 heteroatoms. The number of hydrogen-bond acceptors (Lipinski definition) is 1. The van der Waals surface area contributed by atoms with Crippen LogP contribution in [0.3, 0.4) is 0 Å². The molecule has 15 heavy (non-hydrogen) atoms. The molecule has 0 saturated carbocycles. The van der Waals surface area contributed by atoms with Crippen LogP contribution >= 0.6 is 0 Å². The fourth-order valence-corrected chi connectivity index (χ4v) is 1.64. The first kappa shape index (κ1) is 9.77. The van der Waals surface area contributed by atoms with Gasteiger partial charge in [0, 0.05) is 23.0 Å². The molecule has 78 valence electrons. The number of amides is 1. The molecule has 1 heterocycles. The summed E-state index contributed by atoms with van der Waals surface area (Å²) in [7, 11) is 0. The number of carbonyl (C=O) groups excluding carboxylic acids is 1. The minimum Gasteiger partial charge on any atom is -0.359 e. The predicted molar refractivity (Wildman–Crippen MR) is 62.0 cm³/mol. The summed E-state index contributed by atoms with van der Waals surface area (Å²) in [6.07, 6.45) is 0.500. The zero-order valence-electron chi connectivity index (χ0n) is 8.92. The molecule has 0 atom stereocenters. The van der Waals surface area contributed by atoms with Gasteiger partial charge >= 0.3 is 0 Å². The SMILES string of the molecule is CCC(=O)Nc1cccc2[nH]c(C)cc12. The Balaban J connectivity index is 2.46. The van der Waals surface area contributed by atoms with Crippen LogP contribution in [-0.4, -0.2) is 10.9 Å². The van der Waals surface area contributed by atoms with Gasteiger partial charge in [0.15, 0.2) is 0 Å². The number of aromatic nitrogens is 1. The van der Waals surface area contributed by atoms with E-state index < -0.39 is 0 Å². The van der Waals surface area contributed by atoms with E-state index in [2.05, 4.69) is 10.3 Å². The van der Waals surface area contributed by atoms with Crippen molar-refractivity contribution in [1.29, 1.82) is 0 Å². The largest absolute Gasteiger partial charge is 0.359 e. The van der Waals surface area contributed by atoms with E-state index >= 15 is 0 Å². The Morgan fingerprint density at radius 1 is 1.47 bits per heavy atom. The van der Waals surface area contributed by atoms with Crippen LogP contribution in [0.2, 0.25) is 0 Å². The Labute approximate surface area is 88.5 Å². The van der Waals surface area contributed by atoms with Crippen LogP contribution in [0.15, 0.2) is 24.3 Å². The molecule has 2 aromatic rings. The van der Waals surface area contributed by atoms with Gasteiger partial charge in [0.2, 0.25) is 5.91 Å². The molecule has 2 N–H and O–H groups in total. The van der Waals surface area contributed by atoms with Crippen molar-refractivity contribution in [3.63, 3.8) is 0 Å². The summed E-state index contributed by atoms with van der Waals surface area (Å²) in [5.74, 6) is 0.0429. The van der Waals surface area contributed by atoms with Crippen LogP contribution in [0.1, 0.15) is 19.0 Å². The molecule has 0 bridgehead atoms. The molecule has 1 aromatic heterocycles. The van der Waals surface area contributed by atoms with E-state index in [9.17, 15) is 4.79 Å². The third kappa shape index (κ3) is 1.86. The molecule has 0 radical (unpaired) electrons. The highest BCUT2D eigenvalue weighted by atomic mass is 16.1. The van der Waals surface area contributed by atoms with Gasteiger partial charge in [-0.3, -0.25) is 4.79 Å². The molecule has 1 aromatic carbocycles. The summed E-state index contributed by atoms with van der Waals surface area (Å²) >= 11 is 0. The highest BCUT2D eigenvalue weighted by molar-refractivity contribution is 6.01. The molecular weight excluding hydrogens is 188 g/mol. The maximum atomic E-state index is 11.3. The number of benzene rings is 1. The lowest BCUT2D eigenvalue weighted by Gasteiger charge is -2.04. The van der Waals surface area contributed by atoms with Crippen molar-refractivity contribution in [3.05, 3.63) is 30.0 Å². The molecule has 0 fully saturated rings. The number of anilines is 1. The van der Waals surface area contributed by atoms with Crippen molar-refractivity contribution in [2.24, 2.45) is 0 Å². The maximum Gasteiger partial charge on any atom is 0.224 e. The molecule has 1 amide bonds. The highest BCUT2D eigenvalue weighted by Crippen LogP contribution is 2.23. The van der Waals surface area contributed by atoms with Crippen LogP contribution in [0, 0.1) is 6.92 Å². The number of nitrogens with one attached hydrogen (secondary N) is 2. The molecule has 0 aliphatic carbocycles. The third-order valence-electron chi connectivity index (χ3n) is 2.39. The van der Waals surface area contributed by atoms with Gasteiger partial charge in [0.25, 0.3) is 0 Å². The van der Waals surface area contributed by atoms with Gasteiger partial charge in [-0.2, -0.15) is 0 Å². The number of hydrogen-bond donors (Lipinski definition) is 2. The van der Waals surface area contributed by atoms with E-state index in [0.29, 0.717) is 6.42 Å². The number of carbonyl (C=O) groups is 1. The Kier molecular flexibility index (Phi) is 2.46. The van der Waals surface area contributed by atoms with Crippen LogP contribution in [0.4, 0.5) is 5.69 Å². The average molecular weight is 202 g/mol. The summed E-state index contributed by atoms with van der Waals surface area (Å²) < 4.78 is 0. The standard InChI is InChI=1S/C12H14N2O/c1-3-12(15)14-11-6-4-5-10-9(11)7-8(2)13-10/h4-7,13H,3H2,1-2H3,(H,14,15). The van der Waals surface area contributed by atoms with E-state index in [1.54, 1.807) is 0 Å². The summed E-state index contributed by atoms with van der Waals surface area (Å²) in [6, 6.07) is 7.90. The molecule has 0 spiro atoms. The van der Waals surface area contributed by atoms with Crippen molar-refractivity contribution in [1.82, 2.24) is 4.98 Å². The number of fused-ring (bicyclic) bond motifs is 1. The second-order valence-electron chi connectivity index (χ2n) is 3.62. The number of rotatable bonds is 2. The molecule has 0 saturated heterocycles. The Morgan fingerprint density at radius 3 is 3.00 bits per heavy atom. The molecular formula is C12H14N2O. The Hall–Kier alpha value is -1.77. The molecule has 0 aliphatic heterocycles. The van der Waals surface area contributed by atoms with Crippen molar-refractivity contribution in [3.8, 4) is 0 Å². The van der Waals surface area contributed by atoms with E-state index in [-0.39, 0.29) is 5.91 Å². The fraction of sp³-hybridized carbons (Fsp3) is 0.250. The maximum absolute atomic E-state index is 11.3. The first-order valence-corrected chi connectivity index (χ1v) is 5.09. The van der Waals surface area contributed by atoms with E-state index in [0.717, 1.165) is 22.3 Å². The summed E-state index contributed by atoms with van der Waals surface area (Å²) in [6.45, 7) is 3.85. The van der Waals surface area contributed by atoms with Crippen LogP contribution < -0.4 is 5.32 Å². The van der Waals surface area contributed by atoms with Gasteiger partial charge in [-0.25, -0.2) is 0 Å². The van der Waals surface area contributed by atoms with E-state index in [4.69, 9.17) is 0 Å². The third-order valence-corrected chi connectivity index (χ3v) is 2.39. The number of H-pyrrole nitrogens is 1. The monoisotopic (exact) mass is 202 g/mol. The van der Waals surface area contributed by atoms with Crippen molar-refractivity contribution in [2.45, 2.75) is 20.3 Å². The first-order valence-electron chi connectivity index (χ1n) is 5.09. The van der Waals surface area contributed by atoms with E-state index in [1.807, 2.05) is 38.1 Å². The van der Waals surface area contributed by atoms with Gasteiger partial charge in [0.05, 0.1) is 5.69 Å². The normalized spacial score (nSPS) is 10.5. The van der Waals surface area contributed by atoms with Gasteiger partial charge in [-0.05, 0) is 25.1 Å². The summed E-state index contributed by atoms with van der Waals surface area (Å²) in [4.78, 5) is 14.5. The lowest BCUT2D eigenvalue weighted by Crippen LogP contribution is -2.09.